The summed E-state index contributed by atoms with van der Waals surface area (Å²) < 4.78 is 9.14. The van der Waals surface area contributed by atoms with E-state index in [0.717, 1.165) is 61.3 Å². The minimum atomic E-state index is 0. The molecule has 156 valence electrons. The van der Waals surface area contributed by atoms with E-state index < -0.39 is 0 Å². The molecule has 0 amide bonds. The van der Waals surface area contributed by atoms with E-state index in [-0.39, 0.29) is 30.0 Å². The molecule has 1 atom stereocenters. The summed E-state index contributed by atoms with van der Waals surface area (Å²) >= 11 is 0. The second kappa shape index (κ2) is 10.0. The Hall–Kier alpha value is -2.21. The topological polar surface area (TPSA) is 93.7 Å². The first-order chi connectivity index (χ1) is 13.7. The van der Waals surface area contributed by atoms with Gasteiger partial charge < -0.3 is 19.8 Å². The van der Waals surface area contributed by atoms with Gasteiger partial charge in [0.25, 0.3) is 0 Å². The molecule has 0 saturated carbocycles. The second-order valence-corrected chi connectivity index (χ2v) is 6.89. The van der Waals surface area contributed by atoms with Crippen molar-refractivity contribution in [2.45, 2.75) is 38.5 Å². The summed E-state index contributed by atoms with van der Waals surface area (Å²) in [5, 5.41) is 11.4. The van der Waals surface area contributed by atoms with Crippen LogP contribution in [0.15, 0.2) is 35.6 Å². The molecule has 1 unspecified atom stereocenters. The molecule has 0 aliphatic carbocycles. The van der Waals surface area contributed by atoms with Crippen molar-refractivity contribution < 1.29 is 4.74 Å². The molecule has 9 nitrogen and oxygen atoms in total. The molecule has 0 radical (unpaired) electrons. The molecule has 0 fully saturated rings. The van der Waals surface area contributed by atoms with Gasteiger partial charge in [-0.3, -0.25) is 4.99 Å². The van der Waals surface area contributed by atoms with E-state index in [4.69, 9.17) is 4.74 Å². The van der Waals surface area contributed by atoms with Crippen LogP contribution in [0.3, 0.4) is 0 Å². The molecule has 4 heterocycles. The molecule has 3 aromatic rings. The van der Waals surface area contributed by atoms with Crippen molar-refractivity contribution in [2.24, 2.45) is 4.99 Å². The van der Waals surface area contributed by atoms with Crippen LogP contribution in [0.2, 0.25) is 0 Å². The molecule has 10 heteroatoms. The van der Waals surface area contributed by atoms with Crippen LogP contribution < -0.4 is 10.6 Å². The number of hydrogen-bond donors (Lipinski definition) is 2. The predicted molar refractivity (Wildman–Crippen MR) is 122 cm³/mol. The van der Waals surface area contributed by atoms with Gasteiger partial charge in [0.2, 0.25) is 0 Å². The number of aliphatic imine (C=N–C) groups is 1. The van der Waals surface area contributed by atoms with Gasteiger partial charge in [-0.2, -0.15) is 5.10 Å². The lowest BCUT2D eigenvalue weighted by molar-refractivity contribution is 0.177. The Kier molecular flexibility index (Phi) is 7.42. The van der Waals surface area contributed by atoms with Gasteiger partial charge in [0.05, 0.1) is 12.2 Å². The molecular formula is C19H27IN8O. The Morgan fingerprint density at radius 1 is 1.34 bits per heavy atom. The van der Waals surface area contributed by atoms with Crippen molar-refractivity contribution in [3.63, 3.8) is 0 Å². The standard InChI is InChI=1S/C19H26N8O.HI/c1-20-19(21-9-8-15-11-26-10-4-3-5-17(26)22-15)23-14-6-7-18-24-16(13-28-2)25-27(18)12-14;/h3-5,10-11,14H,6-9,12-13H2,1-2H3,(H2,20,21,23);1H. The molecule has 0 bridgehead atoms. The summed E-state index contributed by atoms with van der Waals surface area (Å²) in [6, 6.07) is 6.28. The maximum absolute atomic E-state index is 5.12. The quantitative estimate of drug-likeness (QED) is 0.296. The minimum absolute atomic E-state index is 0. The number of guanidine groups is 1. The number of imidazole rings is 1. The molecule has 2 N–H and O–H groups in total. The predicted octanol–water partition coefficient (Wildman–Crippen LogP) is 1.41. The zero-order chi connectivity index (χ0) is 19.3. The lowest BCUT2D eigenvalue weighted by atomic mass is 10.1. The maximum Gasteiger partial charge on any atom is 0.191 e. The summed E-state index contributed by atoms with van der Waals surface area (Å²) in [5.74, 6) is 2.57. The normalized spacial score (nSPS) is 16.3. The number of methoxy groups -OCH3 is 1. The molecule has 0 spiro atoms. The largest absolute Gasteiger partial charge is 0.377 e. The Morgan fingerprint density at radius 3 is 3.03 bits per heavy atom. The fourth-order valence-corrected chi connectivity index (χ4v) is 3.47. The monoisotopic (exact) mass is 510 g/mol. The van der Waals surface area contributed by atoms with E-state index in [1.807, 2.05) is 33.5 Å². The average Bonchev–Trinajstić information content (AvgIpc) is 3.30. The van der Waals surface area contributed by atoms with Gasteiger partial charge >= 0.3 is 0 Å². The smallest absolute Gasteiger partial charge is 0.191 e. The van der Waals surface area contributed by atoms with E-state index in [1.54, 1.807) is 14.2 Å². The Labute approximate surface area is 187 Å². The van der Waals surface area contributed by atoms with E-state index in [0.29, 0.717) is 6.61 Å². The highest BCUT2D eigenvalue weighted by Gasteiger charge is 2.22. The van der Waals surface area contributed by atoms with E-state index in [2.05, 4.69) is 36.9 Å². The third-order valence-electron chi connectivity index (χ3n) is 4.83. The number of rotatable bonds is 6. The van der Waals surface area contributed by atoms with Crippen molar-refractivity contribution in [1.82, 2.24) is 34.8 Å². The Morgan fingerprint density at radius 2 is 2.24 bits per heavy atom. The highest BCUT2D eigenvalue weighted by molar-refractivity contribution is 14.0. The fourth-order valence-electron chi connectivity index (χ4n) is 3.47. The van der Waals surface area contributed by atoms with Crippen LogP contribution in [0, 0.1) is 0 Å². The van der Waals surface area contributed by atoms with Crippen LogP contribution in [-0.4, -0.2) is 56.9 Å². The van der Waals surface area contributed by atoms with Crippen LogP contribution >= 0.6 is 24.0 Å². The van der Waals surface area contributed by atoms with Crippen molar-refractivity contribution in [3.05, 3.63) is 47.9 Å². The highest BCUT2D eigenvalue weighted by atomic mass is 127. The van der Waals surface area contributed by atoms with Crippen molar-refractivity contribution in [3.8, 4) is 0 Å². The van der Waals surface area contributed by atoms with Gasteiger partial charge in [-0.1, -0.05) is 6.07 Å². The molecule has 29 heavy (non-hydrogen) atoms. The molecule has 0 aromatic carbocycles. The minimum Gasteiger partial charge on any atom is -0.377 e. The van der Waals surface area contributed by atoms with Crippen LogP contribution in [0.1, 0.15) is 23.8 Å². The van der Waals surface area contributed by atoms with Gasteiger partial charge in [0.15, 0.2) is 11.8 Å². The lowest BCUT2D eigenvalue weighted by Gasteiger charge is -2.25. The number of nitrogens with zero attached hydrogens (tertiary/aromatic N) is 6. The fraction of sp³-hybridized carbons (Fsp3) is 0.474. The molecule has 1 aliphatic heterocycles. The SMILES string of the molecule is CN=C(NCCc1cn2ccccc2n1)NC1CCc2nc(COC)nn2C1.I. The zero-order valence-electron chi connectivity index (χ0n) is 16.7. The molecule has 0 saturated heterocycles. The summed E-state index contributed by atoms with van der Waals surface area (Å²) in [4.78, 5) is 13.5. The summed E-state index contributed by atoms with van der Waals surface area (Å²) in [6.45, 7) is 1.99. The molecule has 4 rings (SSSR count). The zero-order valence-corrected chi connectivity index (χ0v) is 19.0. The first kappa shape index (κ1) is 21.5. The van der Waals surface area contributed by atoms with Gasteiger partial charge in [0, 0.05) is 52.0 Å². The Balaban J connectivity index is 0.00000240. The number of hydrogen-bond acceptors (Lipinski definition) is 5. The first-order valence-corrected chi connectivity index (χ1v) is 9.56. The van der Waals surface area contributed by atoms with Gasteiger partial charge in [-0.05, 0) is 18.6 Å². The van der Waals surface area contributed by atoms with Gasteiger partial charge in [-0.15, -0.1) is 24.0 Å². The van der Waals surface area contributed by atoms with Crippen LogP contribution in [0.25, 0.3) is 5.65 Å². The van der Waals surface area contributed by atoms with Gasteiger partial charge in [-0.25, -0.2) is 14.6 Å². The van der Waals surface area contributed by atoms with Crippen molar-refractivity contribution in [1.29, 1.82) is 0 Å². The number of pyridine rings is 1. The van der Waals surface area contributed by atoms with E-state index in [9.17, 15) is 0 Å². The van der Waals surface area contributed by atoms with Crippen molar-refractivity contribution >= 4 is 35.6 Å². The third-order valence-corrected chi connectivity index (χ3v) is 4.83. The van der Waals surface area contributed by atoms with E-state index in [1.165, 1.54) is 0 Å². The Bertz CT molecular complexity index is 933. The highest BCUT2D eigenvalue weighted by Crippen LogP contribution is 2.13. The summed E-state index contributed by atoms with van der Waals surface area (Å²) in [7, 11) is 3.45. The third kappa shape index (κ3) is 5.24. The number of nitrogens with one attached hydrogen (secondary N) is 2. The van der Waals surface area contributed by atoms with Crippen molar-refractivity contribution in [2.75, 3.05) is 20.7 Å². The second-order valence-electron chi connectivity index (χ2n) is 6.89. The van der Waals surface area contributed by atoms with E-state index >= 15 is 0 Å². The number of halogens is 1. The lowest BCUT2D eigenvalue weighted by Crippen LogP contribution is -2.47. The van der Waals surface area contributed by atoms with Crippen LogP contribution in [0.5, 0.6) is 0 Å². The summed E-state index contributed by atoms with van der Waals surface area (Å²) in [5.41, 5.74) is 2.03. The molecule has 3 aromatic heterocycles. The average molecular weight is 510 g/mol. The first-order valence-electron chi connectivity index (χ1n) is 9.56. The summed E-state index contributed by atoms with van der Waals surface area (Å²) in [6.07, 6.45) is 6.81. The molecule has 1 aliphatic rings. The maximum atomic E-state index is 5.12. The number of aromatic nitrogens is 5. The number of aryl methyl sites for hydroxylation is 1. The number of ether oxygens (including phenoxy) is 1. The molecular weight excluding hydrogens is 483 g/mol. The van der Waals surface area contributed by atoms with Gasteiger partial charge in [0.1, 0.15) is 18.1 Å². The van der Waals surface area contributed by atoms with Crippen LogP contribution in [-0.2, 0) is 30.7 Å². The number of fused-ring (bicyclic) bond motifs is 2. The van der Waals surface area contributed by atoms with Crippen LogP contribution in [0.4, 0.5) is 0 Å².